The number of hydrogen-bond donors (Lipinski definition) is 2. The number of benzene rings is 2. The summed E-state index contributed by atoms with van der Waals surface area (Å²) in [5.74, 6) is 0.397. The van der Waals surface area contributed by atoms with Crippen LogP contribution in [0, 0.1) is 0 Å². The van der Waals surface area contributed by atoms with Gasteiger partial charge in [-0.25, -0.2) is 5.43 Å². The summed E-state index contributed by atoms with van der Waals surface area (Å²) in [5, 5.41) is 13.7. The van der Waals surface area contributed by atoms with Gasteiger partial charge in [0.1, 0.15) is 11.5 Å². The van der Waals surface area contributed by atoms with Crippen molar-refractivity contribution in [2.75, 3.05) is 6.61 Å². The molecule has 0 spiro atoms. The monoisotopic (exact) mass is 312 g/mol. The van der Waals surface area contributed by atoms with E-state index in [1.165, 1.54) is 5.56 Å². The van der Waals surface area contributed by atoms with E-state index >= 15 is 0 Å². The molecule has 0 fully saturated rings. The Bertz CT molecular complexity index is 694. The highest BCUT2D eigenvalue weighted by molar-refractivity contribution is 6.01. The molecule has 0 saturated carbocycles. The number of hydrazone groups is 1. The Balaban J connectivity index is 1.87. The van der Waals surface area contributed by atoms with Crippen molar-refractivity contribution in [1.82, 2.24) is 5.43 Å². The van der Waals surface area contributed by atoms with Gasteiger partial charge in [-0.3, -0.25) is 4.79 Å². The summed E-state index contributed by atoms with van der Waals surface area (Å²) in [7, 11) is 0. The van der Waals surface area contributed by atoms with Crippen LogP contribution in [-0.2, 0) is 11.2 Å². The van der Waals surface area contributed by atoms with Crippen LogP contribution in [-0.4, -0.2) is 23.3 Å². The maximum atomic E-state index is 11.8. The highest BCUT2D eigenvalue weighted by atomic mass is 16.5. The van der Waals surface area contributed by atoms with Crippen molar-refractivity contribution in [2.24, 2.45) is 5.10 Å². The molecular weight excluding hydrogens is 292 g/mol. The quantitative estimate of drug-likeness (QED) is 0.636. The normalized spacial score (nSPS) is 11.1. The minimum atomic E-state index is -0.362. The summed E-state index contributed by atoms with van der Waals surface area (Å²) in [5.41, 5.74) is 4.72. The molecule has 120 valence electrons. The van der Waals surface area contributed by atoms with Gasteiger partial charge < -0.3 is 9.84 Å². The molecule has 0 unspecified atom stereocenters. The Hall–Kier alpha value is -2.82. The van der Waals surface area contributed by atoms with E-state index < -0.39 is 0 Å². The molecule has 2 N–H and O–H groups in total. The van der Waals surface area contributed by atoms with Crippen LogP contribution in [0.4, 0.5) is 0 Å². The number of carbonyl (C=O) groups excluding carboxylic acids is 1. The number of rotatable bonds is 6. The van der Waals surface area contributed by atoms with Crippen molar-refractivity contribution in [3.8, 4) is 11.5 Å². The lowest BCUT2D eigenvalue weighted by Crippen LogP contribution is -2.25. The number of hydrogen-bond acceptors (Lipinski definition) is 4. The molecular formula is C18H20N2O3. The maximum absolute atomic E-state index is 11.8. The first-order valence-electron chi connectivity index (χ1n) is 7.43. The molecule has 1 amide bonds. The summed E-state index contributed by atoms with van der Waals surface area (Å²) in [6.45, 7) is 3.66. The largest absolute Gasteiger partial charge is 0.507 e. The van der Waals surface area contributed by atoms with Gasteiger partial charge in [0.25, 0.3) is 5.91 Å². The fraction of sp³-hybridized carbons (Fsp3) is 0.222. The molecule has 0 radical (unpaired) electrons. The predicted octanol–water partition coefficient (Wildman–Crippen LogP) is 2.87. The summed E-state index contributed by atoms with van der Waals surface area (Å²) >= 11 is 0. The van der Waals surface area contributed by atoms with Gasteiger partial charge in [-0.2, -0.15) is 5.10 Å². The third-order valence-electron chi connectivity index (χ3n) is 3.34. The third kappa shape index (κ3) is 4.85. The molecule has 2 aromatic rings. The van der Waals surface area contributed by atoms with Crippen LogP contribution in [0.2, 0.25) is 0 Å². The molecule has 0 aromatic heterocycles. The molecule has 0 aliphatic heterocycles. The Morgan fingerprint density at radius 1 is 1.17 bits per heavy atom. The van der Waals surface area contributed by atoms with Crippen LogP contribution < -0.4 is 10.2 Å². The van der Waals surface area contributed by atoms with E-state index in [0.717, 1.165) is 6.42 Å². The molecule has 0 saturated heterocycles. The van der Waals surface area contributed by atoms with Gasteiger partial charge in [0.05, 0.1) is 5.71 Å². The van der Waals surface area contributed by atoms with E-state index in [9.17, 15) is 9.90 Å². The zero-order valence-electron chi connectivity index (χ0n) is 13.2. The van der Waals surface area contributed by atoms with Crippen LogP contribution in [0.5, 0.6) is 11.5 Å². The average Bonchev–Trinajstić information content (AvgIpc) is 2.58. The average molecular weight is 312 g/mol. The van der Waals surface area contributed by atoms with Crippen molar-refractivity contribution in [2.45, 2.75) is 20.3 Å². The first kappa shape index (κ1) is 16.5. The maximum Gasteiger partial charge on any atom is 0.277 e. The second-order valence-electron chi connectivity index (χ2n) is 5.04. The van der Waals surface area contributed by atoms with Crippen molar-refractivity contribution >= 4 is 11.6 Å². The molecule has 0 heterocycles. The fourth-order valence-electron chi connectivity index (χ4n) is 1.99. The van der Waals surface area contributed by atoms with E-state index in [1.54, 1.807) is 31.2 Å². The number of ether oxygens (including phenoxy) is 1. The van der Waals surface area contributed by atoms with Gasteiger partial charge in [0.15, 0.2) is 6.61 Å². The van der Waals surface area contributed by atoms with Gasteiger partial charge in [-0.15, -0.1) is 0 Å². The molecule has 2 rings (SSSR count). The summed E-state index contributed by atoms with van der Waals surface area (Å²) in [6, 6.07) is 14.4. The van der Waals surface area contributed by atoms with Gasteiger partial charge in [-0.1, -0.05) is 31.2 Å². The zero-order chi connectivity index (χ0) is 16.7. The summed E-state index contributed by atoms with van der Waals surface area (Å²) in [4.78, 5) is 11.8. The van der Waals surface area contributed by atoms with Crippen molar-refractivity contribution in [1.29, 1.82) is 0 Å². The van der Waals surface area contributed by atoms with Crippen LogP contribution in [0.3, 0.4) is 0 Å². The summed E-state index contributed by atoms with van der Waals surface area (Å²) < 4.78 is 5.40. The molecule has 2 aromatic carbocycles. The van der Waals surface area contributed by atoms with E-state index in [0.29, 0.717) is 17.0 Å². The van der Waals surface area contributed by atoms with Crippen LogP contribution >= 0.6 is 0 Å². The lowest BCUT2D eigenvalue weighted by molar-refractivity contribution is -0.123. The minimum Gasteiger partial charge on any atom is -0.507 e. The topological polar surface area (TPSA) is 70.9 Å². The summed E-state index contributed by atoms with van der Waals surface area (Å²) in [6.07, 6.45) is 0.959. The van der Waals surface area contributed by atoms with Crippen LogP contribution in [0.25, 0.3) is 0 Å². The number of para-hydroxylation sites is 1. The van der Waals surface area contributed by atoms with Gasteiger partial charge >= 0.3 is 0 Å². The Morgan fingerprint density at radius 2 is 1.87 bits per heavy atom. The number of nitrogens with one attached hydrogen (secondary N) is 1. The van der Waals surface area contributed by atoms with Gasteiger partial charge in [-0.05, 0) is 43.2 Å². The molecule has 23 heavy (non-hydrogen) atoms. The second-order valence-corrected chi connectivity index (χ2v) is 5.04. The zero-order valence-corrected chi connectivity index (χ0v) is 13.2. The first-order chi connectivity index (χ1) is 11.1. The van der Waals surface area contributed by atoms with E-state index in [-0.39, 0.29) is 18.3 Å². The highest BCUT2D eigenvalue weighted by Gasteiger charge is 2.05. The van der Waals surface area contributed by atoms with E-state index in [2.05, 4.69) is 17.5 Å². The SMILES string of the molecule is CCc1ccc(OCC(=O)NN=C(C)c2ccccc2O)cc1. The number of amides is 1. The second kappa shape index (κ2) is 7.98. The van der Waals surface area contributed by atoms with Crippen molar-refractivity contribution in [3.05, 3.63) is 59.7 Å². The highest BCUT2D eigenvalue weighted by Crippen LogP contribution is 2.16. The Kier molecular flexibility index (Phi) is 5.74. The molecule has 5 heteroatoms. The fourth-order valence-corrected chi connectivity index (χ4v) is 1.99. The minimum absolute atomic E-state index is 0.121. The molecule has 0 aliphatic rings. The third-order valence-corrected chi connectivity index (χ3v) is 3.34. The number of aryl methyl sites for hydroxylation is 1. The standard InChI is InChI=1S/C18H20N2O3/c1-3-14-8-10-15(11-9-14)23-12-18(22)20-19-13(2)16-6-4-5-7-17(16)21/h4-11,21H,3,12H2,1-2H3,(H,20,22). The van der Waals surface area contributed by atoms with Crippen LogP contribution in [0.1, 0.15) is 25.0 Å². The predicted molar refractivity (Wildman–Crippen MR) is 89.8 cm³/mol. The van der Waals surface area contributed by atoms with Crippen molar-refractivity contribution in [3.63, 3.8) is 0 Å². The smallest absolute Gasteiger partial charge is 0.277 e. The lowest BCUT2D eigenvalue weighted by atomic mass is 10.1. The van der Waals surface area contributed by atoms with E-state index in [1.807, 2.05) is 24.3 Å². The van der Waals surface area contributed by atoms with Gasteiger partial charge in [0, 0.05) is 5.56 Å². The number of phenols is 1. The molecule has 0 bridgehead atoms. The molecule has 0 aliphatic carbocycles. The van der Waals surface area contributed by atoms with Gasteiger partial charge in [0.2, 0.25) is 0 Å². The van der Waals surface area contributed by atoms with Crippen LogP contribution in [0.15, 0.2) is 53.6 Å². The van der Waals surface area contributed by atoms with Crippen molar-refractivity contribution < 1.29 is 14.6 Å². The molecule has 5 nitrogen and oxygen atoms in total. The number of nitrogens with zero attached hydrogens (tertiary/aromatic N) is 1. The number of carbonyl (C=O) groups is 1. The lowest BCUT2D eigenvalue weighted by Gasteiger charge is -2.07. The van der Waals surface area contributed by atoms with E-state index in [4.69, 9.17) is 4.74 Å². The Labute approximate surface area is 135 Å². The molecule has 0 atom stereocenters. The number of aromatic hydroxyl groups is 1. The number of phenolic OH excluding ortho intramolecular Hbond substituents is 1. The Morgan fingerprint density at radius 3 is 2.52 bits per heavy atom. The first-order valence-corrected chi connectivity index (χ1v) is 7.43.